The molecule has 4 nitrogen and oxygen atoms in total. The Morgan fingerprint density at radius 3 is 2.76 bits per heavy atom. The summed E-state index contributed by atoms with van der Waals surface area (Å²) in [5.74, 6) is -0.0758. The molecule has 0 radical (unpaired) electrons. The first-order valence-electron chi connectivity index (χ1n) is 8.64. The van der Waals surface area contributed by atoms with Gasteiger partial charge in [0.15, 0.2) is 0 Å². The van der Waals surface area contributed by atoms with Gasteiger partial charge in [0, 0.05) is 18.1 Å². The predicted octanol–water partition coefficient (Wildman–Crippen LogP) is 2.71. The minimum atomic E-state index is -0.479. The quantitative estimate of drug-likeness (QED) is 0.792. The number of carbonyl (C=O) groups is 1. The zero-order chi connectivity index (χ0) is 15.5. The van der Waals surface area contributed by atoms with Gasteiger partial charge in [-0.1, -0.05) is 6.92 Å². The van der Waals surface area contributed by atoms with Crippen LogP contribution in [0, 0.1) is 0 Å². The van der Waals surface area contributed by atoms with Gasteiger partial charge in [-0.05, 0) is 65.3 Å². The molecule has 2 fully saturated rings. The molecule has 122 valence electrons. The van der Waals surface area contributed by atoms with E-state index < -0.39 is 5.54 Å². The van der Waals surface area contributed by atoms with Gasteiger partial charge in [-0.3, -0.25) is 15.0 Å². The van der Waals surface area contributed by atoms with Crippen molar-refractivity contribution < 1.29 is 9.53 Å². The molecule has 1 heterocycles. The smallest absolute Gasteiger partial charge is 0.326 e. The molecule has 1 saturated heterocycles. The normalized spacial score (nSPS) is 34.3. The van der Waals surface area contributed by atoms with Gasteiger partial charge in [0.25, 0.3) is 0 Å². The third-order valence-electron chi connectivity index (χ3n) is 5.23. The van der Waals surface area contributed by atoms with Crippen LogP contribution in [0.1, 0.15) is 65.7 Å². The maximum Gasteiger partial charge on any atom is 0.326 e. The van der Waals surface area contributed by atoms with Crippen molar-refractivity contribution in [1.82, 2.24) is 10.2 Å². The summed E-state index contributed by atoms with van der Waals surface area (Å²) in [6.07, 6.45) is 7.96. The van der Waals surface area contributed by atoms with Crippen molar-refractivity contribution in [2.75, 3.05) is 13.7 Å². The second kappa shape index (κ2) is 7.10. The monoisotopic (exact) mass is 296 g/mol. The van der Waals surface area contributed by atoms with Gasteiger partial charge in [-0.25, -0.2) is 0 Å². The largest absolute Gasteiger partial charge is 0.468 e. The number of nitrogens with zero attached hydrogens (tertiary/aromatic N) is 1. The van der Waals surface area contributed by atoms with E-state index >= 15 is 0 Å². The Morgan fingerprint density at radius 1 is 1.38 bits per heavy atom. The summed E-state index contributed by atoms with van der Waals surface area (Å²) < 4.78 is 5.14. The molecule has 0 aromatic rings. The molecule has 4 heteroatoms. The third-order valence-corrected chi connectivity index (χ3v) is 5.23. The zero-order valence-corrected chi connectivity index (χ0v) is 14.2. The van der Waals surface area contributed by atoms with Crippen LogP contribution in [-0.2, 0) is 9.53 Å². The molecule has 21 heavy (non-hydrogen) atoms. The zero-order valence-electron chi connectivity index (χ0n) is 14.2. The Bertz CT molecular complexity index is 359. The molecule has 2 aliphatic rings. The molecule has 1 N–H and O–H groups in total. The molecule has 3 atom stereocenters. The van der Waals surface area contributed by atoms with Crippen LogP contribution in [0.15, 0.2) is 0 Å². The van der Waals surface area contributed by atoms with Crippen molar-refractivity contribution in [3.05, 3.63) is 0 Å². The SMILES string of the molecule is CCC1CCCN1C1CCCC(NC(C)C)(C(=O)OC)C1. The Labute approximate surface area is 129 Å². The number of likely N-dealkylation sites (tertiary alicyclic amines) is 1. The lowest BCUT2D eigenvalue weighted by Gasteiger charge is -2.44. The van der Waals surface area contributed by atoms with E-state index in [1.54, 1.807) is 0 Å². The molecule has 0 bridgehead atoms. The molecule has 0 spiro atoms. The van der Waals surface area contributed by atoms with E-state index in [0.717, 1.165) is 19.3 Å². The number of esters is 1. The van der Waals surface area contributed by atoms with E-state index in [1.807, 2.05) is 0 Å². The highest BCUT2D eigenvalue weighted by atomic mass is 16.5. The van der Waals surface area contributed by atoms with Crippen LogP contribution in [-0.4, -0.2) is 48.2 Å². The molecule has 2 rings (SSSR count). The van der Waals surface area contributed by atoms with Gasteiger partial charge in [-0.15, -0.1) is 0 Å². The fourth-order valence-corrected chi connectivity index (χ4v) is 4.43. The highest BCUT2D eigenvalue weighted by molar-refractivity contribution is 5.81. The van der Waals surface area contributed by atoms with Gasteiger partial charge in [0.1, 0.15) is 5.54 Å². The van der Waals surface area contributed by atoms with E-state index in [9.17, 15) is 4.79 Å². The topological polar surface area (TPSA) is 41.6 Å². The Morgan fingerprint density at radius 2 is 2.14 bits per heavy atom. The number of methoxy groups -OCH3 is 1. The molecule has 1 aliphatic heterocycles. The van der Waals surface area contributed by atoms with Gasteiger partial charge >= 0.3 is 5.97 Å². The fourth-order valence-electron chi connectivity index (χ4n) is 4.43. The molecule has 1 saturated carbocycles. The Kier molecular flexibility index (Phi) is 5.67. The molecule has 3 unspecified atom stereocenters. The number of rotatable bonds is 5. The molecule has 0 aromatic heterocycles. The first-order valence-corrected chi connectivity index (χ1v) is 8.64. The lowest BCUT2D eigenvalue weighted by Crippen LogP contribution is -2.60. The highest BCUT2D eigenvalue weighted by Gasteiger charge is 2.46. The summed E-state index contributed by atoms with van der Waals surface area (Å²) in [6, 6.07) is 1.53. The highest BCUT2D eigenvalue weighted by Crippen LogP contribution is 2.36. The van der Waals surface area contributed by atoms with Crippen LogP contribution in [0.4, 0.5) is 0 Å². The van der Waals surface area contributed by atoms with Crippen molar-refractivity contribution in [3.8, 4) is 0 Å². The predicted molar refractivity (Wildman–Crippen MR) is 85.3 cm³/mol. The second-order valence-electron chi connectivity index (χ2n) is 7.07. The van der Waals surface area contributed by atoms with Crippen molar-refractivity contribution in [2.24, 2.45) is 0 Å². The first-order chi connectivity index (χ1) is 10.0. The Hall–Kier alpha value is -0.610. The summed E-state index contributed by atoms with van der Waals surface area (Å²) in [5, 5.41) is 3.53. The number of hydrogen-bond donors (Lipinski definition) is 1. The van der Waals surface area contributed by atoms with Crippen LogP contribution in [0.5, 0.6) is 0 Å². The van der Waals surface area contributed by atoms with E-state index in [4.69, 9.17) is 4.74 Å². The van der Waals surface area contributed by atoms with Crippen molar-refractivity contribution in [3.63, 3.8) is 0 Å². The van der Waals surface area contributed by atoms with E-state index in [0.29, 0.717) is 18.1 Å². The molecular formula is C17H32N2O2. The summed E-state index contributed by atoms with van der Waals surface area (Å²) in [7, 11) is 1.51. The summed E-state index contributed by atoms with van der Waals surface area (Å²) in [5.41, 5.74) is -0.479. The van der Waals surface area contributed by atoms with E-state index in [1.165, 1.54) is 39.3 Å². The Balaban J connectivity index is 2.14. The van der Waals surface area contributed by atoms with Crippen LogP contribution in [0.25, 0.3) is 0 Å². The van der Waals surface area contributed by atoms with Gasteiger partial charge in [0.05, 0.1) is 7.11 Å². The van der Waals surface area contributed by atoms with Crippen LogP contribution in [0.3, 0.4) is 0 Å². The van der Waals surface area contributed by atoms with E-state index in [2.05, 4.69) is 31.0 Å². The maximum atomic E-state index is 12.4. The lowest BCUT2D eigenvalue weighted by atomic mass is 9.77. The maximum absolute atomic E-state index is 12.4. The molecule has 0 amide bonds. The average Bonchev–Trinajstić information content (AvgIpc) is 2.94. The van der Waals surface area contributed by atoms with Crippen molar-refractivity contribution in [2.45, 2.75) is 89.4 Å². The first kappa shape index (κ1) is 16.8. The van der Waals surface area contributed by atoms with Crippen molar-refractivity contribution >= 4 is 5.97 Å². The summed E-state index contributed by atoms with van der Waals surface area (Å²) >= 11 is 0. The molecule has 0 aromatic carbocycles. The summed E-state index contributed by atoms with van der Waals surface area (Å²) in [6.45, 7) is 7.70. The van der Waals surface area contributed by atoms with Gasteiger partial charge in [0.2, 0.25) is 0 Å². The van der Waals surface area contributed by atoms with Crippen LogP contribution >= 0.6 is 0 Å². The van der Waals surface area contributed by atoms with Crippen molar-refractivity contribution in [1.29, 1.82) is 0 Å². The van der Waals surface area contributed by atoms with Crippen LogP contribution in [0.2, 0.25) is 0 Å². The van der Waals surface area contributed by atoms with Gasteiger partial charge in [-0.2, -0.15) is 0 Å². The fraction of sp³-hybridized carbons (Fsp3) is 0.941. The van der Waals surface area contributed by atoms with Gasteiger partial charge < -0.3 is 4.74 Å². The molecule has 1 aliphatic carbocycles. The van der Waals surface area contributed by atoms with Crippen LogP contribution < -0.4 is 5.32 Å². The standard InChI is InChI=1S/C17H32N2O2/c1-5-14-9-7-11-19(14)15-8-6-10-17(12-15,16(20)21-4)18-13(2)3/h13-15,18H,5-12H2,1-4H3. The molecular weight excluding hydrogens is 264 g/mol. The number of ether oxygens (including phenoxy) is 1. The minimum Gasteiger partial charge on any atom is -0.468 e. The third kappa shape index (κ3) is 3.59. The second-order valence-corrected chi connectivity index (χ2v) is 7.07. The van der Waals surface area contributed by atoms with E-state index in [-0.39, 0.29) is 5.97 Å². The number of nitrogens with one attached hydrogen (secondary N) is 1. The minimum absolute atomic E-state index is 0.0758. The average molecular weight is 296 g/mol. The number of carbonyl (C=O) groups excluding carboxylic acids is 1. The number of hydrogen-bond acceptors (Lipinski definition) is 4. The lowest BCUT2D eigenvalue weighted by molar-refractivity contribution is -0.151. The summed E-state index contributed by atoms with van der Waals surface area (Å²) in [4.78, 5) is 15.1.